The third-order valence-electron chi connectivity index (χ3n) is 5.94. The first-order chi connectivity index (χ1) is 10.5. The van der Waals surface area contributed by atoms with E-state index in [9.17, 15) is 8.42 Å². The van der Waals surface area contributed by atoms with Crippen molar-refractivity contribution in [3.8, 4) is 0 Å². The molecule has 1 spiro atoms. The summed E-state index contributed by atoms with van der Waals surface area (Å²) in [5.74, 6) is 0.917. The molecule has 2 rings (SSSR count). The Morgan fingerprint density at radius 1 is 1.26 bits per heavy atom. The third-order valence-corrected chi connectivity index (χ3v) is 6.53. The van der Waals surface area contributed by atoms with Gasteiger partial charge in [-0.15, -0.1) is 0 Å². The van der Waals surface area contributed by atoms with Crippen LogP contribution < -0.4 is 0 Å². The van der Waals surface area contributed by atoms with Crippen LogP contribution in [0.2, 0.25) is 0 Å². The molecule has 0 aromatic heterocycles. The van der Waals surface area contributed by atoms with Crippen LogP contribution in [0.5, 0.6) is 0 Å². The van der Waals surface area contributed by atoms with Gasteiger partial charge in [0, 0.05) is 19.3 Å². The molecular formula is C17H32O5S. The lowest BCUT2D eigenvalue weighted by molar-refractivity contribution is -0.199. The molecule has 1 unspecified atom stereocenters. The van der Waals surface area contributed by atoms with E-state index in [-0.39, 0.29) is 12.7 Å². The molecule has 1 saturated heterocycles. The quantitative estimate of drug-likeness (QED) is 0.689. The van der Waals surface area contributed by atoms with Crippen LogP contribution in [0.3, 0.4) is 0 Å². The Labute approximate surface area is 141 Å². The van der Waals surface area contributed by atoms with E-state index in [2.05, 4.69) is 27.7 Å². The molecule has 0 N–H and O–H groups in total. The van der Waals surface area contributed by atoms with Crippen LogP contribution in [0, 0.1) is 17.3 Å². The molecule has 2 fully saturated rings. The Bertz CT molecular complexity index is 489. The van der Waals surface area contributed by atoms with Crippen LogP contribution in [0.4, 0.5) is 0 Å². The Morgan fingerprint density at radius 3 is 2.39 bits per heavy atom. The van der Waals surface area contributed by atoms with Crippen molar-refractivity contribution in [2.75, 3.05) is 19.5 Å². The summed E-state index contributed by atoms with van der Waals surface area (Å²) in [6.45, 7) is 10.0. The molecule has 1 aliphatic carbocycles. The maximum atomic E-state index is 11.0. The molecule has 0 aromatic rings. The van der Waals surface area contributed by atoms with Gasteiger partial charge in [0.1, 0.15) is 0 Å². The first-order valence-electron chi connectivity index (χ1n) is 8.70. The summed E-state index contributed by atoms with van der Waals surface area (Å²) in [4.78, 5) is 0. The van der Waals surface area contributed by atoms with Gasteiger partial charge in [-0.25, -0.2) is 0 Å². The SMILES string of the molecule is CC(C)C(C)(C)C1CCC2(CC1)OCC(CCOS(C)(=O)=O)O2. The van der Waals surface area contributed by atoms with Gasteiger partial charge in [0.25, 0.3) is 10.1 Å². The summed E-state index contributed by atoms with van der Waals surface area (Å²) in [6, 6.07) is 0. The van der Waals surface area contributed by atoms with Gasteiger partial charge in [-0.2, -0.15) is 8.42 Å². The summed E-state index contributed by atoms with van der Waals surface area (Å²) in [5, 5.41) is 0. The van der Waals surface area contributed by atoms with Crippen molar-refractivity contribution in [2.45, 2.75) is 71.7 Å². The van der Waals surface area contributed by atoms with Crippen LogP contribution in [0.25, 0.3) is 0 Å². The van der Waals surface area contributed by atoms with Crippen molar-refractivity contribution in [3.05, 3.63) is 0 Å². The smallest absolute Gasteiger partial charge is 0.264 e. The lowest BCUT2D eigenvalue weighted by Gasteiger charge is -2.44. The van der Waals surface area contributed by atoms with Gasteiger partial charge >= 0.3 is 0 Å². The molecule has 0 amide bonds. The normalized spacial score (nSPS) is 32.8. The molecular weight excluding hydrogens is 316 g/mol. The van der Waals surface area contributed by atoms with Crippen LogP contribution >= 0.6 is 0 Å². The zero-order valence-corrected chi connectivity index (χ0v) is 15.9. The molecule has 1 aliphatic heterocycles. The molecule has 6 heteroatoms. The molecule has 0 radical (unpaired) electrons. The van der Waals surface area contributed by atoms with E-state index >= 15 is 0 Å². The number of hydrogen-bond donors (Lipinski definition) is 0. The summed E-state index contributed by atoms with van der Waals surface area (Å²) in [7, 11) is -3.38. The molecule has 1 saturated carbocycles. The van der Waals surface area contributed by atoms with Crippen molar-refractivity contribution in [1.29, 1.82) is 0 Å². The summed E-state index contributed by atoms with van der Waals surface area (Å²) < 4.78 is 38.9. The van der Waals surface area contributed by atoms with E-state index in [0.717, 1.165) is 31.9 Å². The lowest BCUT2D eigenvalue weighted by atomic mass is 9.64. The Kier molecular flexibility index (Phi) is 5.82. The van der Waals surface area contributed by atoms with Crippen molar-refractivity contribution in [1.82, 2.24) is 0 Å². The second-order valence-corrected chi connectivity index (χ2v) is 9.67. The van der Waals surface area contributed by atoms with Gasteiger partial charge in [0.15, 0.2) is 5.79 Å². The van der Waals surface area contributed by atoms with E-state index in [1.54, 1.807) is 0 Å². The third kappa shape index (κ3) is 4.91. The van der Waals surface area contributed by atoms with Gasteiger partial charge in [-0.3, -0.25) is 4.18 Å². The lowest BCUT2D eigenvalue weighted by Crippen LogP contribution is -2.41. The Morgan fingerprint density at radius 2 is 1.87 bits per heavy atom. The van der Waals surface area contributed by atoms with E-state index in [1.165, 1.54) is 0 Å². The van der Waals surface area contributed by atoms with Crippen LogP contribution in [-0.4, -0.2) is 39.8 Å². The van der Waals surface area contributed by atoms with Gasteiger partial charge < -0.3 is 9.47 Å². The first-order valence-corrected chi connectivity index (χ1v) is 10.5. The Balaban J connectivity index is 1.81. The predicted molar refractivity (Wildman–Crippen MR) is 89.5 cm³/mol. The zero-order valence-electron chi connectivity index (χ0n) is 15.1. The monoisotopic (exact) mass is 348 g/mol. The van der Waals surface area contributed by atoms with Gasteiger partial charge in [0.2, 0.25) is 0 Å². The molecule has 1 heterocycles. The maximum Gasteiger partial charge on any atom is 0.264 e. The molecule has 136 valence electrons. The molecule has 2 aliphatic rings. The Hall–Kier alpha value is -0.170. The minimum absolute atomic E-state index is 0.0635. The van der Waals surface area contributed by atoms with E-state index < -0.39 is 15.9 Å². The second-order valence-electron chi connectivity index (χ2n) is 8.03. The van der Waals surface area contributed by atoms with Crippen LogP contribution in [-0.2, 0) is 23.8 Å². The van der Waals surface area contributed by atoms with Crippen molar-refractivity contribution in [2.24, 2.45) is 17.3 Å². The predicted octanol–water partition coefficient (Wildman–Crippen LogP) is 3.34. The van der Waals surface area contributed by atoms with E-state index in [4.69, 9.17) is 13.7 Å². The standard InChI is InChI=1S/C17H32O5S/c1-13(2)16(3,4)14-6-9-17(10-7-14)20-12-15(22-17)8-11-21-23(5,18)19/h13-15H,6-12H2,1-5H3. The fourth-order valence-corrected chi connectivity index (χ4v) is 4.02. The minimum atomic E-state index is -3.38. The summed E-state index contributed by atoms with van der Waals surface area (Å²) in [5.41, 5.74) is 0.336. The van der Waals surface area contributed by atoms with E-state index in [1.807, 2.05) is 0 Å². The highest BCUT2D eigenvalue weighted by atomic mass is 32.2. The fraction of sp³-hybridized carbons (Fsp3) is 1.00. The van der Waals surface area contributed by atoms with Gasteiger partial charge in [-0.1, -0.05) is 27.7 Å². The first kappa shape index (κ1) is 19.2. The number of hydrogen-bond acceptors (Lipinski definition) is 5. The molecule has 0 aromatic carbocycles. The topological polar surface area (TPSA) is 61.8 Å². The highest BCUT2D eigenvalue weighted by Gasteiger charge is 2.47. The van der Waals surface area contributed by atoms with Gasteiger partial charge in [-0.05, 0) is 30.1 Å². The highest BCUT2D eigenvalue weighted by Crippen LogP contribution is 2.48. The highest BCUT2D eigenvalue weighted by molar-refractivity contribution is 7.85. The number of rotatable bonds is 6. The van der Waals surface area contributed by atoms with Crippen molar-refractivity contribution >= 4 is 10.1 Å². The van der Waals surface area contributed by atoms with Crippen LogP contribution in [0.1, 0.15) is 59.8 Å². The second kappa shape index (κ2) is 6.98. The summed E-state index contributed by atoms with van der Waals surface area (Å²) >= 11 is 0. The molecule has 1 atom stereocenters. The average Bonchev–Trinajstić information content (AvgIpc) is 2.81. The van der Waals surface area contributed by atoms with Crippen molar-refractivity contribution < 1.29 is 22.1 Å². The summed E-state index contributed by atoms with van der Waals surface area (Å²) in [6.07, 6.45) is 5.66. The minimum Gasteiger partial charge on any atom is -0.347 e. The molecule has 5 nitrogen and oxygen atoms in total. The largest absolute Gasteiger partial charge is 0.347 e. The van der Waals surface area contributed by atoms with Crippen LogP contribution in [0.15, 0.2) is 0 Å². The molecule has 23 heavy (non-hydrogen) atoms. The zero-order chi connectivity index (χ0) is 17.3. The maximum absolute atomic E-state index is 11.0. The van der Waals surface area contributed by atoms with Gasteiger partial charge in [0.05, 0.1) is 25.6 Å². The fourth-order valence-electron chi connectivity index (χ4n) is 3.63. The van der Waals surface area contributed by atoms with E-state index in [0.29, 0.717) is 30.3 Å². The average molecular weight is 349 g/mol. The van der Waals surface area contributed by atoms with Crippen molar-refractivity contribution in [3.63, 3.8) is 0 Å². The number of ether oxygens (including phenoxy) is 2. The molecule has 0 bridgehead atoms.